The number of barbiturate groups is 1. The van der Waals surface area contributed by atoms with Gasteiger partial charge in [-0.25, -0.2) is 4.79 Å². The maximum Gasteiger partial charge on any atom is 0.332 e. The largest absolute Gasteiger partial charge is 0.496 e. The molecule has 1 spiro atoms. The number of hydrogen-bond acceptors (Lipinski definition) is 6. The molecule has 25 heavy (non-hydrogen) atoms. The third-order valence-electron chi connectivity index (χ3n) is 5.07. The minimum Gasteiger partial charge on any atom is -0.496 e. The van der Waals surface area contributed by atoms with Crippen LogP contribution in [0.1, 0.15) is 11.5 Å². The minimum atomic E-state index is -1.96. The number of amides is 4. The molecule has 1 saturated carbocycles. The zero-order valence-electron chi connectivity index (χ0n) is 13.8. The summed E-state index contributed by atoms with van der Waals surface area (Å²) >= 11 is 0. The van der Waals surface area contributed by atoms with E-state index in [4.69, 9.17) is 4.74 Å². The second kappa shape index (κ2) is 5.05. The van der Waals surface area contributed by atoms with Crippen molar-refractivity contribution < 1.29 is 19.1 Å². The lowest BCUT2D eigenvalue weighted by Gasteiger charge is -2.34. The summed E-state index contributed by atoms with van der Waals surface area (Å²) in [5.41, 5.74) is -3.45. The highest BCUT2D eigenvalue weighted by molar-refractivity contribution is 6.23. The molecule has 8 nitrogen and oxygen atoms in total. The first-order valence-corrected chi connectivity index (χ1v) is 7.40. The van der Waals surface area contributed by atoms with Crippen LogP contribution in [0.2, 0.25) is 0 Å². The van der Waals surface area contributed by atoms with Crippen molar-refractivity contribution in [2.45, 2.75) is 5.92 Å². The van der Waals surface area contributed by atoms with Gasteiger partial charge in [0, 0.05) is 25.6 Å². The maximum atomic E-state index is 12.9. The van der Waals surface area contributed by atoms with E-state index < -0.39 is 34.6 Å². The Hall–Kier alpha value is -3.39. The summed E-state index contributed by atoms with van der Waals surface area (Å²) in [6.45, 7) is 0. The molecule has 1 saturated heterocycles. The van der Waals surface area contributed by atoms with E-state index in [9.17, 15) is 24.9 Å². The molecule has 0 radical (unpaired) electrons. The molecule has 0 aromatic heterocycles. The highest BCUT2D eigenvalue weighted by Gasteiger charge is 2.90. The van der Waals surface area contributed by atoms with Gasteiger partial charge in [0.25, 0.3) is 0 Å². The minimum absolute atomic E-state index is 0.363. The number of benzene rings is 1. The summed E-state index contributed by atoms with van der Waals surface area (Å²) in [4.78, 5) is 39.4. The average Bonchev–Trinajstić information content (AvgIpc) is 3.27. The smallest absolute Gasteiger partial charge is 0.332 e. The van der Waals surface area contributed by atoms with Crippen molar-refractivity contribution in [2.75, 3.05) is 21.2 Å². The molecule has 1 aliphatic heterocycles. The second-order valence-electron chi connectivity index (χ2n) is 6.03. The van der Waals surface area contributed by atoms with Gasteiger partial charge in [0.2, 0.25) is 11.8 Å². The lowest BCUT2D eigenvalue weighted by atomic mass is 9.89. The number of imide groups is 2. The summed E-state index contributed by atoms with van der Waals surface area (Å²) in [5, 5.41) is 19.4. The number of methoxy groups -OCH3 is 1. The van der Waals surface area contributed by atoms with E-state index in [1.165, 1.54) is 21.2 Å². The molecule has 3 rings (SSSR count). The van der Waals surface area contributed by atoms with Gasteiger partial charge in [0.15, 0.2) is 10.8 Å². The predicted molar refractivity (Wildman–Crippen MR) is 82.8 cm³/mol. The predicted octanol–water partition coefficient (Wildman–Crippen LogP) is 0.863. The Morgan fingerprint density at radius 3 is 2.04 bits per heavy atom. The standard InChI is InChI=1S/C17H14N4O4/c1-20-13(22)17(14(23)21(2)15(20)24)12(16(17,8-18)9-19)10-6-4-5-7-11(10)25-3/h4-7,12H,1-3H3. The van der Waals surface area contributed by atoms with Crippen LogP contribution in [-0.2, 0) is 9.59 Å². The number of nitrogens with zero attached hydrogens (tertiary/aromatic N) is 4. The van der Waals surface area contributed by atoms with Crippen LogP contribution in [0.4, 0.5) is 4.79 Å². The molecule has 1 heterocycles. The Kier molecular flexibility index (Phi) is 3.33. The lowest BCUT2D eigenvalue weighted by molar-refractivity contribution is -0.151. The molecular formula is C17H14N4O4. The number of carbonyl (C=O) groups is 3. The van der Waals surface area contributed by atoms with Crippen LogP contribution in [0.15, 0.2) is 24.3 Å². The van der Waals surface area contributed by atoms with Crippen LogP contribution in [0, 0.1) is 33.5 Å². The Morgan fingerprint density at radius 1 is 1.04 bits per heavy atom. The van der Waals surface area contributed by atoms with Crippen molar-refractivity contribution in [3.63, 3.8) is 0 Å². The zero-order chi connectivity index (χ0) is 18.6. The number of urea groups is 1. The van der Waals surface area contributed by atoms with Crippen LogP contribution in [0.5, 0.6) is 5.75 Å². The van der Waals surface area contributed by atoms with E-state index in [0.717, 1.165) is 9.80 Å². The van der Waals surface area contributed by atoms with E-state index in [1.54, 1.807) is 24.3 Å². The van der Waals surface area contributed by atoms with E-state index in [1.807, 2.05) is 12.1 Å². The van der Waals surface area contributed by atoms with Crippen molar-refractivity contribution in [1.82, 2.24) is 9.80 Å². The summed E-state index contributed by atoms with van der Waals surface area (Å²) < 4.78 is 5.27. The average molecular weight is 338 g/mol. The highest BCUT2D eigenvalue weighted by Crippen LogP contribution is 2.76. The number of para-hydroxylation sites is 1. The van der Waals surface area contributed by atoms with Gasteiger partial charge < -0.3 is 4.74 Å². The van der Waals surface area contributed by atoms with Crippen molar-refractivity contribution in [1.29, 1.82) is 10.5 Å². The fourth-order valence-corrected chi connectivity index (χ4v) is 3.78. The molecule has 4 amide bonds. The van der Waals surface area contributed by atoms with E-state index >= 15 is 0 Å². The molecule has 1 aromatic carbocycles. The Bertz CT molecular complexity index is 857. The summed E-state index contributed by atoms with van der Waals surface area (Å²) in [5.74, 6) is -2.36. The molecule has 126 valence electrons. The Balaban J connectivity index is 2.29. The van der Waals surface area contributed by atoms with Gasteiger partial charge in [-0.1, -0.05) is 18.2 Å². The summed E-state index contributed by atoms with van der Waals surface area (Å²) in [7, 11) is 3.87. The van der Waals surface area contributed by atoms with Crippen LogP contribution in [0.25, 0.3) is 0 Å². The normalized spacial score (nSPS) is 23.2. The van der Waals surface area contributed by atoms with Crippen molar-refractivity contribution >= 4 is 17.8 Å². The number of nitriles is 2. The molecule has 2 fully saturated rings. The first-order chi connectivity index (χ1) is 11.8. The van der Waals surface area contributed by atoms with E-state index in [2.05, 4.69) is 0 Å². The number of ether oxygens (including phenoxy) is 1. The Labute approximate surface area is 143 Å². The molecule has 1 aliphatic carbocycles. The molecule has 2 aliphatic rings. The first-order valence-electron chi connectivity index (χ1n) is 7.40. The van der Waals surface area contributed by atoms with Crippen molar-refractivity contribution in [3.8, 4) is 17.9 Å². The summed E-state index contributed by atoms with van der Waals surface area (Å²) in [6.07, 6.45) is 0. The zero-order valence-corrected chi connectivity index (χ0v) is 13.8. The molecule has 1 unspecified atom stereocenters. The fourth-order valence-electron chi connectivity index (χ4n) is 3.78. The maximum absolute atomic E-state index is 12.9. The van der Waals surface area contributed by atoms with Gasteiger partial charge in [0.05, 0.1) is 19.2 Å². The van der Waals surface area contributed by atoms with Gasteiger partial charge in [-0.2, -0.15) is 10.5 Å². The Morgan fingerprint density at radius 2 is 1.56 bits per heavy atom. The molecule has 1 atom stereocenters. The SMILES string of the molecule is COc1ccccc1C1C(C#N)(C#N)C12C(=O)N(C)C(=O)N(C)C2=O. The third kappa shape index (κ3) is 1.61. The first kappa shape index (κ1) is 16.5. The van der Waals surface area contributed by atoms with Crippen LogP contribution in [-0.4, -0.2) is 48.9 Å². The van der Waals surface area contributed by atoms with E-state index in [0.29, 0.717) is 11.3 Å². The summed E-state index contributed by atoms with van der Waals surface area (Å²) in [6, 6.07) is 9.51. The van der Waals surface area contributed by atoms with Gasteiger partial charge >= 0.3 is 6.03 Å². The lowest BCUT2D eigenvalue weighted by Crippen LogP contribution is -2.59. The van der Waals surface area contributed by atoms with Crippen molar-refractivity contribution in [2.24, 2.45) is 10.8 Å². The van der Waals surface area contributed by atoms with Gasteiger partial charge in [-0.15, -0.1) is 0 Å². The molecule has 1 aromatic rings. The topological polar surface area (TPSA) is 114 Å². The number of rotatable bonds is 2. The molecular weight excluding hydrogens is 324 g/mol. The fraction of sp³-hybridized carbons (Fsp3) is 0.353. The quantitative estimate of drug-likeness (QED) is 0.739. The highest BCUT2D eigenvalue weighted by atomic mass is 16.5. The van der Waals surface area contributed by atoms with Gasteiger partial charge in [-0.3, -0.25) is 19.4 Å². The van der Waals surface area contributed by atoms with Gasteiger partial charge in [0.1, 0.15) is 5.75 Å². The van der Waals surface area contributed by atoms with Crippen molar-refractivity contribution in [3.05, 3.63) is 29.8 Å². The molecule has 0 N–H and O–H groups in total. The van der Waals surface area contributed by atoms with Crippen LogP contribution >= 0.6 is 0 Å². The van der Waals surface area contributed by atoms with Crippen LogP contribution < -0.4 is 4.74 Å². The van der Waals surface area contributed by atoms with Crippen LogP contribution in [0.3, 0.4) is 0 Å². The number of carbonyl (C=O) groups excluding carboxylic acids is 3. The van der Waals surface area contributed by atoms with Gasteiger partial charge in [-0.05, 0) is 6.07 Å². The third-order valence-corrected chi connectivity index (χ3v) is 5.07. The monoisotopic (exact) mass is 338 g/mol. The molecule has 8 heteroatoms. The number of hydrogen-bond donors (Lipinski definition) is 0. The second-order valence-corrected chi connectivity index (χ2v) is 6.03. The van der Waals surface area contributed by atoms with E-state index in [-0.39, 0.29) is 0 Å². The molecule has 0 bridgehead atoms.